The van der Waals surface area contributed by atoms with Crippen molar-refractivity contribution < 1.29 is 9.13 Å². The molecular formula is C23H18FN3O. The third-order valence-corrected chi connectivity index (χ3v) is 5.40. The van der Waals surface area contributed by atoms with Crippen molar-refractivity contribution in [2.45, 2.75) is 18.3 Å². The van der Waals surface area contributed by atoms with Crippen LogP contribution in [0.25, 0.3) is 22.3 Å². The SMILES string of the molecule is COc1cc([C@H]2C[C@H]2c2cnc(-c3ncccn3)c3ccccc23)ccc1F. The van der Waals surface area contributed by atoms with Gasteiger partial charge in [-0.05, 0) is 53.0 Å². The van der Waals surface area contributed by atoms with Gasteiger partial charge in [0.05, 0.1) is 7.11 Å². The minimum Gasteiger partial charge on any atom is -0.494 e. The van der Waals surface area contributed by atoms with Gasteiger partial charge in [0.15, 0.2) is 17.4 Å². The molecule has 1 fully saturated rings. The number of methoxy groups -OCH3 is 1. The Labute approximate surface area is 162 Å². The van der Waals surface area contributed by atoms with E-state index in [2.05, 4.69) is 22.1 Å². The molecule has 0 amide bonds. The van der Waals surface area contributed by atoms with Crippen LogP contribution in [0.2, 0.25) is 0 Å². The van der Waals surface area contributed by atoms with E-state index in [1.165, 1.54) is 24.1 Å². The van der Waals surface area contributed by atoms with Crippen LogP contribution in [0.15, 0.2) is 67.1 Å². The van der Waals surface area contributed by atoms with Gasteiger partial charge in [0.2, 0.25) is 0 Å². The maximum atomic E-state index is 13.7. The molecule has 0 spiro atoms. The number of fused-ring (bicyclic) bond motifs is 1. The van der Waals surface area contributed by atoms with E-state index < -0.39 is 0 Å². The molecule has 0 radical (unpaired) electrons. The zero-order valence-corrected chi connectivity index (χ0v) is 15.3. The van der Waals surface area contributed by atoms with E-state index >= 15 is 0 Å². The average Bonchev–Trinajstić information content (AvgIpc) is 3.54. The number of halogens is 1. The van der Waals surface area contributed by atoms with Crippen molar-refractivity contribution in [2.24, 2.45) is 0 Å². The normalized spacial score (nSPS) is 18.2. The summed E-state index contributed by atoms with van der Waals surface area (Å²) in [5.74, 6) is 1.29. The summed E-state index contributed by atoms with van der Waals surface area (Å²) < 4.78 is 18.9. The van der Waals surface area contributed by atoms with Crippen LogP contribution < -0.4 is 4.74 Å². The Morgan fingerprint density at radius 3 is 2.50 bits per heavy atom. The lowest BCUT2D eigenvalue weighted by Gasteiger charge is -2.10. The molecule has 5 heteroatoms. The van der Waals surface area contributed by atoms with E-state index in [1.54, 1.807) is 18.5 Å². The number of rotatable bonds is 4. The molecule has 2 aromatic heterocycles. The topological polar surface area (TPSA) is 47.9 Å². The summed E-state index contributed by atoms with van der Waals surface area (Å²) in [7, 11) is 1.49. The first-order chi connectivity index (χ1) is 13.8. The number of ether oxygens (including phenoxy) is 1. The predicted octanol–water partition coefficient (Wildman–Crippen LogP) is 5.11. The van der Waals surface area contributed by atoms with Crippen molar-refractivity contribution in [1.82, 2.24) is 15.0 Å². The van der Waals surface area contributed by atoms with E-state index in [1.807, 2.05) is 30.5 Å². The van der Waals surface area contributed by atoms with Crippen molar-refractivity contribution in [3.05, 3.63) is 84.1 Å². The van der Waals surface area contributed by atoms with Gasteiger partial charge in [-0.1, -0.05) is 30.3 Å². The van der Waals surface area contributed by atoms with E-state index in [0.29, 0.717) is 23.4 Å². The summed E-state index contributed by atoms with van der Waals surface area (Å²) in [5.41, 5.74) is 3.10. The highest BCUT2D eigenvalue weighted by Gasteiger charge is 2.41. The van der Waals surface area contributed by atoms with Crippen molar-refractivity contribution in [1.29, 1.82) is 0 Å². The van der Waals surface area contributed by atoms with Gasteiger partial charge in [0, 0.05) is 24.0 Å². The third-order valence-electron chi connectivity index (χ3n) is 5.40. The Kier molecular flexibility index (Phi) is 4.01. The van der Waals surface area contributed by atoms with Crippen molar-refractivity contribution in [3.63, 3.8) is 0 Å². The van der Waals surface area contributed by atoms with Gasteiger partial charge in [-0.25, -0.2) is 14.4 Å². The Hall–Kier alpha value is -3.34. The summed E-state index contributed by atoms with van der Waals surface area (Å²) in [6, 6.07) is 15.2. The van der Waals surface area contributed by atoms with Crippen LogP contribution in [-0.2, 0) is 0 Å². The monoisotopic (exact) mass is 371 g/mol. The van der Waals surface area contributed by atoms with E-state index in [-0.39, 0.29) is 5.82 Å². The number of aromatic nitrogens is 3. The fourth-order valence-electron chi connectivity index (χ4n) is 3.92. The standard InChI is InChI=1S/C23H18FN3O/c1-28-21-11-14(7-8-20(21)24)17-12-18(17)19-13-27-22(23-25-9-4-10-26-23)16-6-3-2-5-15(16)19/h2-11,13,17-18H,12H2,1H3/t17-,18-/m1/s1. The van der Waals surface area contributed by atoms with Gasteiger partial charge in [-0.3, -0.25) is 4.98 Å². The van der Waals surface area contributed by atoms with Gasteiger partial charge in [0.25, 0.3) is 0 Å². The lowest BCUT2D eigenvalue weighted by molar-refractivity contribution is 0.386. The summed E-state index contributed by atoms with van der Waals surface area (Å²) in [6.07, 6.45) is 6.41. The summed E-state index contributed by atoms with van der Waals surface area (Å²) in [4.78, 5) is 13.4. The van der Waals surface area contributed by atoms with E-state index in [0.717, 1.165) is 23.1 Å². The molecule has 4 aromatic rings. The molecule has 1 aliphatic carbocycles. The maximum Gasteiger partial charge on any atom is 0.178 e. The van der Waals surface area contributed by atoms with Crippen molar-refractivity contribution >= 4 is 10.8 Å². The third kappa shape index (κ3) is 2.80. The first-order valence-corrected chi connectivity index (χ1v) is 9.24. The summed E-state index contributed by atoms with van der Waals surface area (Å²) >= 11 is 0. The van der Waals surface area contributed by atoms with E-state index in [4.69, 9.17) is 9.72 Å². The zero-order valence-electron chi connectivity index (χ0n) is 15.3. The molecule has 0 unspecified atom stereocenters. The lowest BCUT2D eigenvalue weighted by Crippen LogP contribution is -1.96. The van der Waals surface area contributed by atoms with Crippen LogP contribution in [0, 0.1) is 5.82 Å². The van der Waals surface area contributed by atoms with Crippen LogP contribution in [0.5, 0.6) is 5.75 Å². The molecule has 0 saturated heterocycles. The largest absolute Gasteiger partial charge is 0.494 e. The van der Waals surface area contributed by atoms with Crippen molar-refractivity contribution in [2.75, 3.05) is 7.11 Å². The van der Waals surface area contributed by atoms with Crippen LogP contribution >= 0.6 is 0 Å². The van der Waals surface area contributed by atoms with Crippen molar-refractivity contribution in [3.8, 4) is 17.3 Å². The maximum absolute atomic E-state index is 13.7. The molecule has 138 valence electrons. The van der Waals surface area contributed by atoms with Crippen LogP contribution in [0.1, 0.15) is 29.4 Å². The minimum absolute atomic E-state index is 0.294. The average molecular weight is 371 g/mol. The number of benzene rings is 2. The lowest BCUT2D eigenvalue weighted by atomic mass is 9.99. The first-order valence-electron chi connectivity index (χ1n) is 9.24. The van der Waals surface area contributed by atoms with Gasteiger partial charge in [-0.15, -0.1) is 0 Å². The molecule has 0 aliphatic heterocycles. The molecule has 2 atom stereocenters. The van der Waals surface area contributed by atoms with Gasteiger partial charge in [0.1, 0.15) is 5.69 Å². The van der Waals surface area contributed by atoms with Gasteiger partial charge >= 0.3 is 0 Å². The number of hydrogen-bond donors (Lipinski definition) is 0. The number of hydrogen-bond acceptors (Lipinski definition) is 4. The van der Waals surface area contributed by atoms with Crippen LogP contribution in [-0.4, -0.2) is 22.1 Å². The fourth-order valence-corrected chi connectivity index (χ4v) is 3.92. The predicted molar refractivity (Wildman–Crippen MR) is 106 cm³/mol. The Morgan fingerprint density at radius 2 is 1.71 bits per heavy atom. The fraction of sp³-hybridized carbons (Fsp3) is 0.174. The number of nitrogens with zero attached hydrogens (tertiary/aromatic N) is 3. The smallest absolute Gasteiger partial charge is 0.178 e. The molecule has 2 aromatic carbocycles. The van der Waals surface area contributed by atoms with Crippen LogP contribution in [0.4, 0.5) is 4.39 Å². The molecule has 5 rings (SSSR count). The second kappa shape index (κ2) is 6.68. The molecule has 1 aliphatic rings. The second-order valence-electron chi connectivity index (χ2n) is 7.02. The summed E-state index contributed by atoms with van der Waals surface area (Å²) in [5, 5.41) is 2.22. The summed E-state index contributed by atoms with van der Waals surface area (Å²) in [6.45, 7) is 0. The highest BCUT2D eigenvalue weighted by Crippen LogP contribution is 2.56. The molecule has 4 nitrogen and oxygen atoms in total. The zero-order chi connectivity index (χ0) is 19.1. The Morgan fingerprint density at radius 1 is 0.929 bits per heavy atom. The molecule has 0 N–H and O–H groups in total. The minimum atomic E-state index is -0.331. The van der Waals surface area contributed by atoms with Gasteiger partial charge in [-0.2, -0.15) is 0 Å². The molecule has 28 heavy (non-hydrogen) atoms. The molecule has 2 heterocycles. The highest BCUT2D eigenvalue weighted by atomic mass is 19.1. The number of pyridine rings is 1. The molecule has 1 saturated carbocycles. The van der Waals surface area contributed by atoms with Gasteiger partial charge < -0.3 is 4.74 Å². The quantitative estimate of drug-likeness (QED) is 0.500. The molecule has 0 bridgehead atoms. The highest BCUT2D eigenvalue weighted by molar-refractivity contribution is 5.95. The molecular weight excluding hydrogens is 353 g/mol. The Balaban J connectivity index is 1.55. The van der Waals surface area contributed by atoms with E-state index in [9.17, 15) is 4.39 Å². The Bertz CT molecular complexity index is 1160. The van der Waals surface area contributed by atoms with Crippen LogP contribution in [0.3, 0.4) is 0 Å². The second-order valence-corrected chi connectivity index (χ2v) is 7.02. The first kappa shape index (κ1) is 16.8.